The van der Waals surface area contributed by atoms with E-state index in [0.717, 1.165) is 43.5 Å². The van der Waals surface area contributed by atoms with Crippen molar-refractivity contribution >= 4 is 5.96 Å². The molecule has 0 spiro atoms. The Morgan fingerprint density at radius 3 is 3.00 bits per heavy atom. The van der Waals surface area contributed by atoms with Crippen molar-refractivity contribution < 1.29 is 9.15 Å². The molecule has 23 heavy (non-hydrogen) atoms. The number of aliphatic imine (C=N–C) groups is 1. The maximum absolute atomic E-state index is 5.71. The quantitative estimate of drug-likeness (QED) is 0.658. The maximum Gasteiger partial charge on any atom is 0.191 e. The summed E-state index contributed by atoms with van der Waals surface area (Å²) in [4.78, 5) is 4.65. The van der Waals surface area contributed by atoms with Gasteiger partial charge in [-0.15, -0.1) is 0 Å². The van der Waals surface area contributed by atoms with Crippen LogP contribution in [0.25, 0.3) is 0 Å². The van der Waals surface area contributed by atoms with E-state index in [0.29, 0.717) is 6.54 Å². The second-order valence-electron chi connectivity index (χ2n) is 5.46. The lowest BCUT2D eigenvalue weighted by Crippen LogP contribution is -2.41. The summed E-state index contributed by atoms with van der Waals surface area (Å²) in [7, 11) is 0. The van der Waals surface area contributed by atoms with Gasteiger partial charge in [0, 0.05) is 31.5 Å². The van der Waals surface area contributed by atoms with Gasteiger partial charge in [0.15, 0.2) is 5.96 Å². The van der Waals surface area contributed by atoms with Crippen LogP contribution in [0.2, 0.25) is 0 Å². The molecule has 0 radical (unpaired) electrons. The molecule has 1 aromatic carbocycles. The van der Waals surface area contributed by atoms with Gasteiger partial charge in [-0.1, -0.05) is 18.2 Å². The van der Waals surface area contributed by atoms with E-state index in [1.165, 1.54) is 5.56 Å². The Bertz CT molecular complexity index is 637. The lowest BCUT2D eigenvalue weighted by atomic mass is 10.0. The molecule has 0 amide bonds. The summed E-state index contributed by atoms with van der Waals surface area (Å²) in [5.74, 6) is 2.75. The number of hydrogen-bond donors (Lipinski definition) is 2. The van der Waals surface area contributed by atoms with Gasteiger partial charge in [-0.05, 0) is 25.1 Å². The molecule has 2 N–H and O–H groups in total. The molecule has 2 heterocycles. The minimum Gasteiger partial charge on any atom is -0.493 e. The molecule has 1 aliphatic heterocycles. The third-order valence-electron chi connectivity index (χ3n) is 3.82. The molecule has 5 nitrogen and oxygen atoms in total. The molecule has 2 aromatic rings. The standard InChI is InChI=1S/C18H23N3O2/c1-2-19-18(20-11-9-14-6-5-12-22-14)21-16-10-13-23-17-8-4-3-7-15(16)17/h3-8,12,16H,2,9-11,13H2,1H3,(H2,19,20,21). The molecule has 0 saturated heterocycles. The number of fused-ring (bicyclic) bond motifs is 1. The highest BCUT2D eigenvalue weighted by atomic mass is 16.5. The van der Waals surface area contributed by atoms with E-state index < -0.39 is 0 Å². The number of guanidine groups is 1. The summed E-state index contributed by atoms with van der Waals surface area (Å²) in [6.07, 6.45) is 3.43. The number of para-hydroxylation sites is 1. The largest absolute Gasteiger partial charge is 0.493 e. The molecule has 0 fully saturated rings. The minimum absolute atomic E-state index is 0.223. The molecular formula is C18H23N3O2. The fraction of sp³-hybridized carbons (Fsp3) is 0.389. The predicted octanol–water partition coefficient (Wildman–Crippen LogP) is 2.90. The molecule has 1 atom stereocenters. The number of hydrogen-bond acceptors (Lipinski definition) is 3. The summed E-state index contributed by atoms with van der Waals surface area (Å²) >= 11 is 0. The van der Waals surface area contributed by atoms with Gasteiger partial charge in [0.25, 0.3) is 0 Å². The van der Waals surface area contributed by atoms with Crippen LogP contribution in [0.5, 0.6) is 5.75 Å². The monoisotopic (exact) mass is 313 g/mol. The van der Waals surface area contributed by atoms with Gasteiger partial charge in [-0.3, -0.25) is 4.99 Å². The van der Waals surface area contributed by atoms with Crippen molar-refractivity contribution in [3.8, 4) is 5.75 Å². The molecule has 1 aliphatic rings. The van der Waals surface area contributed by atoms with Crippen LogP contribution < -0.4 is 15.4 Å². The van der Waals surface area contributed by atoms with Crippen LogP contribution in [0.3, 0.4) is 0 Å². The van der Waals surface area contributed by atoms with Crippen molar-refractivity contribution in [2.45, 2.75) is 25.8 Å². The van der Waals surface area contributed by atoms with Crippen molar-refractivity contribution in [1.82, 2.24) is 10.6 Å². The average Bonchev–Trinajstić information content (AvgIpc) is 3.09. The number of nitrogens with one attached hydrogen (secondary N) is 2. The Morgan fingerprint density at radius 1 is 1.26 bits per heavy atom. The van der Waals surface area contributed by atoms with Crippen LogP contribution in [0.15, 0.2) is 52.1 Å². The first-order valence-electron chi connectivity index (χ1n) is 8.15. The number of nitrogens with zero attached hydrogens (tertiary/aromatic N) is 1. The molecule has 1 unspecified atom stereocenters. The van der Waals surface area contributed by atoms with E-state index >= 15 is 0 Å². The Morgan fingerprint density at radius 2 is 2.17 bits per heavy atom. The van der Waals surface area contributed by atoms with Crippen molar-refractivity contribution in [3.05, 3.63) is 54.0 Å². The third-order valence-corrected chi connectivity index (χ3v) is 3.82. The van der Waals surface area contributed by atoms with Crippen LogP contribution in [-0.2, 0) is 6.42 Å². The first-order chi connectivity index (χ1) is 11.4. The fourth-order valence-corrected chi connectivity index (χ4v) is 2.71. The number of benzene rings is 1. The highest BCUT2D eigenvalue weighted by Crippen LogP contribution is 2.31. The molecular weight excluding hydrogens is 290 g/mol. The van der Waals surface area contributed by atoms with Crippen molar-refractivity contribution in [2.75, 3.05) is 19.7 Å². The van der Waals surface area contributed by atoms with Gasteiger partial charge in [0.2, 0.25) is 0 Å². The van der Waals surface area contributed by atoms with E-state index in [2.05, 4.69) is 28.6 Å². The van der Waals surface area contributed by atoms with Crippen LogP contribution in [0.4, 0.5) is 0 Å². The normalized spacial score (nSPS) is 17.3. The van der Waals surface area contributed by atoms with Gasteiger partial charge in [0.1, 0.15) is 11.5 Å². The predicted molar refractivity (Wildman–Crippen MR) is 90.8 cm³/mol. The van der Waals surface area contributed by atoms with Crippen molar-refractivity contribution in [3.63, 3.8) is 0 Å². The zero-order valence-corrected chi connectivity index (χ0v) is 13.4. The van der Waals surface area contributed by atoms with Gasteiger partial charge >= 0.3 is 0 Å². The van der Waals surface area contributed by atoms with Crippen LogP contribution in [-0.4, -0.2) is 25.7 Å². The highest BCUT2D eigenvalue weighted by molar-refractivity contribution is 5.80. The van der Waals surface area contributed by atoms with Crippen LogP contribution in [0.1, 0.15) is 30.7 Å². The zero-order valence-electron chi connectivity index (χ0n) is 13.4. The summed E-state index contributed by atoms with van der Waals surface area (Å²) in [6.45, 7) is 4.31. The molecule has 0 bridgehead atoms. The van der Waals surface area contributed by atoms with E-state index in [1.807, 2.05) is 30.3 Å². The highest BCUT2D eigenvalue weighted by Gasteiger charge is 2.21. The lowest BCUT2D eigenvalue weighted by molar-refractivity contribution is 0.261. The third kappa shape index (κ3) is 4.06. The minimum atomic E-state index is 0.223. The second-order valence-corrected chi connectivity index (χ2v) is 5.46. The maximum atomic E-state index is 5.71. The first-order valence-corrected chi connectivity index (χ1v) is 8.15. The Hall–Kier alpha value is -2.43. The van der Waals surface area contributed by atoms with Crippen LogP contribution in [0, 0.1) is 0 Å². The van der Waals surface area contributed by atoms with E-state index in [1.54, 1.807) is 6.26 Å². The average molecular weight is 313 g/mol. The van der Waals surface area contributed by atoms with Crippen LogP contribution >= 0.6 is 0 Å². The number of furan rings is 1. The Labute approximate surface area is 136 Å². The summed E-state index contributed by atoms with van der Waals surface area (Å²) < 4.78 is 11.1. The molecule has 122 valence electrons. The number of ether oxygens (including phenoxy) is 1. The van der Waals surface area contributed by atoms with Crippen molar-refractivity contribution in [1.29, 1.82) is 0 Å². The van der Waals surface area contributed by atoms with E-state index in [-0.39, 0.29) is 6.04 Å². The Balaban J connectivity index is 1.65. The summed E-state index contributed by atoms with van der Waals surface area (Å²) in [5.41, 5.74) is 1.19. The van der Waals surface area contributed by atoms with Gasteiger partial charge in [0.05, 0.1) is 18.9 Å². The molecule has 1 aromatic heterocycles. The zero-order chi connectivity index (χ0) is 15.9. The topological polar surface area (TPSA) is 58.8 Å². The summed E-state index contributed by atoms with van der Waals surface area (Å²) in [5, 5.41) is 6.83. The van der Waals surface area contributed by atoms with Gasteiger partial charge in [-0.2, -0.15) is 0 Å². The SMILES string of the molecule is CCNC(=NCCc1ccco1)NC1CCOc2ccccc21. The second kappa shape index (κ2) is 7.72. The molecule has 3 rings (SSSR count). The van der Waals surface area contributed by atoms with Crippen molar-refractivity contribution in [2.24, 2.45) is 4.99 Å². The number of rotatable bonds is 5. The smallest absolute Gasteiger partial charge is 0.191 e. The van der Waals surface area contributed by atoms with E-state index in [4.69, 9.17) is 9.15 Å². The van der Waals surface area contributed by atoms with Gasteiger partial charge in [-0.25, -0.2) is 0 Å². The fourth-order valence-electron chi connectivity index (χ4n) is 2.71. The van der Waals surface area contributed by atoms with E-state index in [9.17, 15) is 0 Å². The molecule has 0 aliphatic carbocycles. The Kier molecular flexibility index (Phi) is 5.19. The first kappa shape index (κ1) is 15.5. The molecule has 5 heteroatoms. The molecule has 0 saturated carbocycles. The summed E-state index contributed by atoms with van der Waals surface area (Å²) in [6, 6.07) is 12.3. The van der Waals surface area contributed by atoms with Gasteiger partial charge < -0.3 is 19.8 Å². The lowest BCUT2D eigenvalue weighted by Gasteiger charge is -2.28.